The fraction of sp³-hybridized carbons (Fsp3) is 0.160. The summed E-state index contributed by atoms with van der Waals surface area (Å²) in [5.74, 6) is 1.36. The van der Waals surface area contributed by atoms with E-state index in [1.54, 1.807) is 12.1 Å². The number of benzene rings is 3. The van der Waals surface area contributed by atoms with Crippen molar-refractivity contribution in [3.05, 3.63) is 76.8 Å². The number of thioether (sulfide) groups is 1. The number of phenols is 1. The Labute approximate surface area is 211 Å². The average Bonchev–Trinajstić information content (AvgIpc) is 3.05. The summed E-state index contributed by atoms with van der Waals surface area (Å²) in [6.07, 6.45) is -0.668. The molecule has 1 aromatic heterocycles. The van der Waals surface area contributed by atoms with Crippen molar-refractivity contribution in [3.8, 4) is 34.4 Å². The van der Waals surface area contributed by atoms with E-state index in [1.165, 1.54) is 26.0 Å². The fourth-order valence-corrected chi connectivity index (χ4v) is 4.75. The quantitative estimate of drug-likeness (QED) is 0.317. The predicted octanol–water partition coefficient (Wildman–Crippen LogP) is 5.71. The molecule has 0 amide bonds. The third-order valence-corrected chi connectivity index (χ3v) is 6.71. The molecule has 4 aromatic rings. The number of methoxy groups -OCH3 is 2. The number of fused-ring (bicyclic) bond motifs is 3. The monoisotopic (exact) mass is 508 g/mol. The molecule has 1 atom stereocenters. The Balaban J connectivity index is 1.53. The molecule has 1 aliphatic heterocycles. The van der Waals surface area contributed by atoms with Crippen LogP contribution in [0.25, 0.3) is 11.3 Å². The van der Waals surface area contributed by atoms with Crippen LogP contribution in [-0.4, -0.2) is 34.5 Å². The number of aromatic hydroxyl groups is 1. The highest BCUT2D eigenvalue weighted by Crippen LogP contribution is 2.43. The zero-order chi connectivity index (χ0) is 24.4. The molecule has 0 spiro atoms. The van der Waals surface area contributed by atoms with Gasteiger partial charge in [0.15, 0.2) is 23.4 Å². The summed E-state index contributed by atoms with van der Waals surface area (Å²) in [4.78, 5) is 4.67. The van der Waals surface area contributed by atoms with Crippen molar-refractivity contribution in [3.63, 3.8) is 0 Å². The van der Waals surface area contributed by atoms with Gasteiger partial charge < -0.3 is 24.6 Å². The van der Waals surface area contributed by atoms with Crippen LogP contribution < -0.4 is 19.5 Å². The van der Waals surface area contributed by atoms with Gasteiger partial charge in [0, 0.05) is 27.6 Å². The van der Waals surface area contributed by atoms with Crippen LogP contribution in [0, 0.1) is 0 Å². The van der Waals surface area contributed by atoms with Gasteiger partial charge >= 0.3 is 0 Å². The number of hydrogen-bond acceptors (Lipinski definition) is 9. The fourth-order valence-electron chi connectivity index (χ4n) is 3.68. The van der Waals surface area contributed by atoms with E-state index in [0.717, 1.165) is 16.8 Å². The molecule has 5 rings (SSSR count). The molecule has 2 N–H and O–H groups in total. The number of rotatable bonds is 6. The Morgan fingerprint density at radius 2 is 1.74 bits per heavy atom. The number of nitrogens with one attached hydrogen (secondary N) is 1. The molecule has 0 saturated heterocycles. The normalized spacial score (nSPS) is 14.1. The Morgan fingerprint density at radius 3 is 2.49 bits per heavy atom. The maximum atomic E-state index is 10.3. The maximum absolute atomic E-state index is 10.3. The topological polar surface area (TPSA) is 98.6 Å². The van der Waals surface area contributed by atoms with E-state index in [9.17, 15) is 5.11 Å². The Morgan fingerprint density at radius 1 is 1.03 bits per heavy atom. The van der Waals surface area contributed by atoms with Gasteiger partial charge in [-0.3, -0.25) is 0 Å². The van der Waals surface area contributed by atoms with Crippen molar-refractivity contribution in [1.82, 2.24) is 15.2 Å². The van der Waals surface area contributed by atoms with E-state index < -0.39 is 6.23 Å². The van der Waals surface area contributed by atoms with Gasteiger partial charge in [0.2, 0.25) is 16.8 Å². The molecule has 178 valence electrons. The van der Waals surface area contributed by atoms with Gasteiger partial charge in [-0.05, 0) is 29.8 Å². The lowest BCUT2D eigenvalue weighted by molar-refractivity contribution is 0.223. The Kier molecular flexibility index (Phi) is 6.52. The third kappa shape index (κ3) is 4.65. The molecule has 1 aliphatic rings. The molecule has 0 fully saturated rings. The zero-order valence-corrected chi connectivity index (χ0v) is 20.4. The molecule has 10 heteroatoms. The molecule has 3 aromatic carbocycles. The number of nitrogens with zero attached hydrogens (tertiary/aromatic N) is 3. The Hall–Kier alpha value is -3.69. The molecule has 0 bridgehead atoms. The van der Waals surface area contributed by atoms with E-state index >= 15 is 0 Å². The van der Waals surface area contributed by atoms with Gasteiger partial charge in [-0.1, -0.05) is 59.8 Å². The molecular weight excluding hydrogens is 488 g/mol. The molecule has 35 heavy (non-hydrogen) atoms. The van der Waals surface area contributed by atoms with Crippen LogP contribution in [-0.2, 0) is 5.75 Å². The number of para-hydroxylation sites is 1. The summed E-state index contributed by atoms with van der Waals surface area (Å²) < 4.78 is 17.0. The van der Waals surface area contributed by atoms with Crippen molar-refractivity contribution < 1.29 is 19.3 Å². The first-order valence-corrected chi connectivity index (χ1v) is 12.0. The maximum Gasteiger partial charge on any atom is 0.247 e. The van der Waals surface area contributed by atoms with E-state index in [1.807, 2.05) is 48.5 Å². The number of hydrogen-bond donors (Lipinski definition) is 2. The first kappa shape index (κ1) is 23.1. The van der Waals surface area contributed by atoms with Crippen LogP contribution in [0.4, 0.5) is 5.69 Å². The lowest BCUT2D eigenvalue weighted by Gasteiger charge is -2.21. The van der Waals surface area contributed by atoms with E-state index in [0.29, 0.717) is 33.1 Å². The first-order chi connectivity index (χ1) is 17.1. The van der Waals surface area contributed by atoms with E-state index in [2.05, 4.69) is 20.5 Å². The van der Waals surface area contributed by atoms with E-state index in [-0.39, 0.29) is 17.2 Å². The summed E-state index contributed by atoms with van der Waals surface area (Å²) in [6, 6.07) is 18.7. The molecular formula is C25H21ClN4O4S. The van der Waals surface area contributed by atoms with Crippen LogP contribution >= 0.6 is 23.4 Å². The van der Waals surface area contributed by atoms with Gasteiger partial charge in [0.1, 0.15) is 0 Å². The van der Waals surface area contributed by atoms with Crippen molar-refractivity contribution in [2.75, 3.05) is 19.5 Å². The van der Waals surface area contributed by atoms with Crippen LogP contribution in [0.2, 0.25) is 5.02 Å². The SMILES string of the molecule is COc1cc([C@H]2Nc3ccccc3-c3nnc(SCc4ccccc4Cl)nc3O2)cc(OC)c1O. The van der Waals surface area contributed by atoms with Gasteiger partial charge in [0.05, 0.1) is 14.2 Å². The minimum atomic E-state index is -0.668. The van der Waals surface area contributed by atoms with Gasteiger partial charge in [-0.15, -0.1) is 10.2 Å². The van der Waals surface area contributed by atoms with Crippen molar-refractivity contribution in [2.45, 2.75) is 17.1 Å². The number of ether oxygens (including phenoxy) is 3. The third-order valence-electron chi connectivity index (χ3n) is 5.45. The summed E-state index contributed by atoms with van der Waals surface area (Å²) in [5, 5.41) is 23.6. The summed E-state index contributed by atoms with van der Waals surface area (Å²) in [7, 11) is 2.95. The smallest absolute Gasteiger partial charge is 0.247 e. The van der Waals surface area contributed by atoms with Gasteiger partial charge in [-0.2, -0.15) is 4.98 Å². The summed E-state index contributed by atoms with van der Waals surface area (Å²) >= 11 is 7.71. The highest BCUT2D eigenvalue weighted by Gasteiger charge is 2.27. The standard InChI is InChI=1S/C25H21ClN4O4S/c1-32-19-11-15(12-20(33-2)22(19)31)23-27-18-10-6-4-8-16(18)21-24(34-23)28-25(30-29-21)35-13-14-7-3-5-9-17(14)26/h3-12,23,27,31H,13H2,1-2H3/t23-/m0/s1. The molecule has 0 saturated carbocycles. The van der Waals surface area contributed by atoms with Crippen molar-refractivity contribution in [1.29, 1.82) is 0 Å². The average molecular weight is 509 g/mol. The zero-order valence-electron chi connectivity index (χ0n) is 18.9. The van der Waals surface area contributed by atoms with Crippen LogP contribution in [0.15, 0.2) is 65.8 Å². The minimum Gasteiger partial charge on any atom is -0.502 e. The number of halogens is 1. The number of phenolic OH excluding ortho intramolecular Hbond substituents is 1. The molecule has 8 nitrogen and oxygen atoms in total. The number of anilines is 1. The van der Waals surface area contributed by atoms with E-state index in [4.69, 9.17) is 25.8 Å². The van der Waals surface area contributed by atoms with Crippen molar-refractivity contribution in [2.24, 2.45) is 0 Å². The largest absolute Gasteiger partial charge is 0.502 e. The van der Waals surface area contributed by atoms with Crippen LogP contribution in [0.3, 0.4) is 0 Å². The molecule has 2 heterocycles. The van der Waals surface area contributed by atoms with Gasteiger partial charge in [0.25, 0.3) is 0 Å². The summed E-state index contributed by atoms with van der Waals surface area (Å²) in [5.41, 5.74) is 3.78. The minimum absolute atomic E-state index is 0.0876. The van der Waals surface area contributed by atoms with Crippen molar-refractivity contribution >= 4 is 29.1 Å². The van der Waals surface area contributed by atoms with Gasteiger partial charge in [-0.25, -0.2) is 0 Å². The lowest BCUT2D eigenvalue weighted by Crippen LogP contribution is -2.17. The van der Waals surface area contributed by atoms with Crippen LogP contribution in [0.5, 0.6) is 23.1 Å². The second-order valence-corrected chi connectivity index (χ2v) is 8.94. The second kappa shape index (κ2) is 9.89. The summed E-state index contributed by atoms with van der Waals surface area (Å²) in [6.45, 7) is 0. The highest BCUT2D eigenvalue weighted by atomic mass is 35.5. The highest BCUT2D eigenvalue weighted by molar-refractivity contribution is 7.98. The lowest BCUT2D eigenvalue weighted by atomic mass is 10.1. The predicted molar refractivity (Wildman–Crippen MR) is 134 cm³/mol. The second-order valence-electron chi connectivity index (χ2n) is 7.59. The molecule has 0 aliphatic carbocycles. The number of aromatic nitrogens is 3. The Bertz CT molecular complexity index is 1360. The van der Waals surface area contributed by atoms with Crippen LogP contribution in [0.1, 0.15) is 17.4 Å². The molecule has 0 radical (unpaired) electrons. The molecule has 0 unspecified atom stereocenters. The first-order valence-electron chi connectivity index (χ1n) is 10.7.